The first-order valence-corrected chi connectivity index (χ1v) is 6.39. The second-order valence-corrected chi connectivity index (χ2v) is 5.26. The van der Waals surface area contributed by atoms with Gasteiger partial charge in [-0.2, -0.15) is 0 Å². The molecular weight excluding hydrogens is 212 g/mol. The van der Waals surface area contributed by atoms with Crippen molar-refractivity contribution in [3.05, 3.63) is 18.2 Å². The second kappa shape index (κ2) is 6.77. The summed E-state index contributed by atoms with van der Waals surface area (Å²) in [5.41, 5.74) is 1.26. The third kappa shape index (κ3) is 4.88. The van der Waals surface area contributed by atoms with E-state index in [1.54, 1.807) is 0 Å². The van der Waals surface area contributed by atoms with Crippen molar-refractivity contribution in [1.82, 2.24) is 19.8 Å². The molecule has 4 heteroatoms. The van der Waals surface area contributed by atoms with Crippen LogP contribution < -0.4 is 5.32 Å². The molecule has 1 rings (SSSR count). The topological polar surface area (TPSA) is 33.1 Å². The van der Waals surface area contributed by atoms with Gasteiger partial charge in [0.1, 0.15) is 0 Å². The third-order valence-electron chi connectivity index (χ3n) is 2.94. The number of nitrogens with zero attached hydrogens (tertiary/aromatic N) is 3. The smallest absolute Gasteiger partial charge is 0.0951 e. The first-order valence-electron chi connectivity index (χ1n) is 6.39. The minimum Gasteiger partial charge on any atom is -0.331 e. The molecule has 0 saturated carbocycles. The van der Waals surface area contributed by atoms with Gasteiger partial charge in [0.05, 0.1) is 12.0 Å². The van der Waals surface area contributed by atoms with Gasteiger partial charge in [0.25, 0.3) is 0 Å². The maximum atomic E-state index is 4.21. The van der Waals surface area contributed by atoms with Crippen LogP contribution in [0.2, 0.25) is 0 Å². The lowest BCUT2D eigenvalue weighted by Crippen LogP contribution is -2.30. The summed E-state index contributed by atoms with van der Waals surface area (Å²) in [5.74, 6) is 0. The van der Waals surface area contributed by atoms with Crippen molar-refractivity contribution >= 4 is 0 Å². The lowest BCUT2D eigenvalue weighted by Gasteiger charge is -2.18. The van der Waals surface area contributed by atoms with Crippen molar-refractivity contribution in [3.63, 3.8) is 0 Å². The zero-order valence-electron chi connectivity index (χ0n) is 11.8. The maximum Gasteiger partial charge on any atom is 0.0951 e. The summed E-state index contributed by atoms with van der Waals surface area (Å²) in [7, 11) is 4.22. The van der Waals surface area contributed by atoms with Gasteiger partial charge in [-0.15, -0.1) is 0 Å². The van der Waals surface area contributed by atoms with Crippen LogP contribution in [0.5, 0.6) is 0 Å². The SMILES string of the molecule is CC(CCN(C)C)NCc1cncn1C(C)C. The van der Waals surface area contributed by atoms with E-state index in [0.29, 0.717) is 12.1 Å². The van der Waals surface area contributed by atoms with E-state index in [4.69, 9.17) is 0 Å². The highest BCUT2D eigenvalue weighted by Gasteiger charge is 2.07. The van der Waals surface area contributed by atoms with E-state index in [2.05, 4.69) is 54.6 Å². The highest BCUT2D eigenvalue weighted by atomic mass is 15.1. The Morgan fingerprint density at radius 3 is 2.65 bits per heavy atom. The van der Waals surface area contributed by atoms with Crippen molar-refractivity contribution in [2.45, 2.75) is 45.8 Å². The Hall–Kier alpha value is -0.870. The van der Waals surface area contributed by atoms with Crippen molar-refractivity contribution in [1.29, 1.82) is 0 Å². The predicted octanol–water partition coefficient (Wildman–Crippen LogP) is 1.89. The van der Waals surface area contributed by atoms with Crippen LogP contribution >= 0.6 is 0 Å². The highest BCUT2D eigenvalue weighted by Crippen LogP contribution is 2.08. The lowest BCUT2D eigenvalue weighted by atomic mass is 10.2. The Labute approximate surface area is 105 Å². The van der Waals surface area contributed by atoms with Gasteiger partial charge in [-0.1, -0.05) is 0 Å². The van der Waals surface area contributed by atoms with E-state index in [1.165, 1.54) is 12.1 Å². The molecule has 1 unspecified atom stereocenters. The Bertz CT molecular complexity index is 317. The molecule has 1 aromatic rings. The molecule has 1 aromatic heterocycles. The fourth-order valence-corrected chi connectivity index (χ4v) is 1.77. The van der Waals surface area contributed by atoms with Crippen molar-refractivity contribution in [2.24, 2.45) is 0 Å². The van der Waals surface area contributed by atoms with E-state index in [1.807, 2.05) is 12.5 Å². The average Bonchev–Trinajstić information content (AvgIpc) is 2.71. The van der Waals surface area contributed by atoms with E-state index in [-0.39, 0.29) is 0 Å². The van der Waals surface area contributed by atoms with Crippen LogP contribution in [0.4, 0.5) is 0 Å². The Kier molecular flexibility index (Phi) is 5.65. The standard InChI is InChI=1S/C13H26N4/c1-11(2)17-10-14-8-13(17)9-15-12(3)6-7-16(4)5/h8,10-12,15H,6-7,9H2,1-5H3. The fourth-order valence-electron chi connectivity index (χ4n) is 1.77. The van der Waals surface area contributed by atoms with Crippen molar-refractivity contribution in [3.8, 4) is 0 Å². The molecule has 1 heterocycles. The van der Waals surface area contributed by atoms with Crippen LogP contribution in [-0.2, 0) is 6.54 Å². The quantitative estimate of drug-likeness (QED) is 0.787. The van der Waals surface area contributed by atoms with Gasteiger partial charge >= 0.3 is 0 Å². The molecule has 0 spiro atoms. The summed E-state index contributed by atoms with van der Waals surface area (Å²) < 4.78 is 2.21. The van der Waals surface area contributed by atoms with Crippen molar-refractivity contribution in [2.75, 3.05) is 20.6 Å². The number of hydrogen-bond donors (Lipinski definition) is 1. The fraction of sp³-hybridized carbons (Fsp3) is 0.769. The van der Waals surface area contributed by atoms with Crippen molar-refractivity contribution < 1.29 is 0 Å². The monoisotopic (exact) mass is 238 g/mol. The molecule has 98 valence electrons. The van der Waals surface area contributed by atoms with Gasteiger partial charge in [0.2, 0.25) is 0 Å². The minimum atomic E-state index is 0.478. The molecular formula is C13H26N4. The van der Waals surface area contributed by atoms with Crippen LogP contribution in [0, 0.1) is 0 Å². The van der Waals surface area contributed by atoms with Gasteiger partial charge in [0, 0.05) is 24.8 Å². The second-order valence-electron chi connectivity index (χ2n) is 5.26. The number of hydrogen-bond acceptors (Lipinski definition) is 3. The summed E-state index contributed by atoms with van der Waals surface area (Å²) in [5, 5.41) is 3.55. The highest BCUT2D eigenvalue weighted by molar-refractivity contribution is 4.99. The molecule has 0 aliphatic carbocycles. The number of rotatable bonds is 7. The molecule has 0 aliphatic heterocycles. The number of imidazole rings is 1. The predicted molar refractivity (Wildman–Crippen MR) is 72.1 cm³/mol. The van der Waals surface area contributed by atoms with Crippen LogP contribution in [0.1, 0.15) is 38.9 Å². The van der Waals surface area contributed by atoms with Gasteiger partial charge in [0.15, 0.2) is 0 Å². The maximum absolute atomic E-state index is 4.21. The largest absolute Gasteiger partial charge is 0.331 e. The molecule has 0 fully saturated rings. The third-order valence-corrected chi connectivity index (χ3v) is 2.94. The summed E-state index contributed by atoms with van der Waals surface area (Å²) in [6.07, 6.45) is 5.03. The normalized spacial score (nSPS) is 13.6. The number of nitrogens with one attached hydrogen (secondary N) is 1. The molecule has 0 amide bonds. The Balaban J connectivity index is 2.36. The van der Waals surface area contributed by atoms with Gasteiger partial charge in [-0.25, -0.2) is 4.98 Å². The van der Waals surface area contributed by atoms with E-state index in [0.717, 1.165) is 13.1 Å². The Morgan fingerprint density at radius 2 is 2.06 bits per heavy atom. The van der Waals surface area contributed by atoms with Crippen LogP contribution in [-0.4, -0.2) is 41.1 Å². The minimum absolute atomic E-state index is 0.478. The van der Waals surface area contributed by atoms with Crippen LogP contribution in [0.15, 0.2) is 12.5 Å². The summed E-state index contributed by atoms with van der Waals surface area (Å²) in [6, 6.07) is 1.01. The molecule has 0 aromatic carbocycles. The van der Waals surface area contributed by atoms with Crippen LogP contribution in [0.25, 0.3) is 0 Å². The van der Waals surface area contributed by atoms with E-state index in [9.17, 15) is 0 Å². The average molecular weight is 238 g/mol. The van der Waals surface area contributed by atoms with E-state index < -0.39 is 0 Å². The molecule has 0 saturated heterocycles. The van der Waals surface area contributed by atoms with E-state index >= 15 is 0 Å². The molecule has 0 bridgehead atoms. The van der Waals surface area contributed by atoms with Gasteiger partial charge in [-0.3, -0.25) is 0 Å². The Morgan fingerprint density at radius 1 is 1.35 bits per heavy atom. The number of aromatic nitrogens is 2. The zero-order valence-corrected chi connectivity index (χ0v) is 11.8. The molecule has 1 atom stereocenters. The summed E-state index contributed by atoms with van der Waals surface area (Å²) >= 11 is 0. The summed E-state index contributed by atoms with van der Waals surface area (Å²) in [6.45, 7) is 8.62. The molecule has 17 heavy (non-hydrogen) atoms. The summed E-state index contributed by atoms with van der Waals surface area (Å²) in [4.78, 5) is 6.43. The van der Waals surface area contributed by atoms with Gasteiger partial charge < -0.3 is 14.8 Å². The molecule has 0 aliphatic rings. The van der Waals surface area contributed by atoms with Gasteiger partial charge in [-0.05, 0) is 47.8 Å². The lowest BCUT2D eigenvalue weighted by molar-refractivity contribution is 0.363. The molecule has 0 radical (unpaired) electrons. The zero-order chi connectivity index (χ0) is 12.8. The molecule has 1 N–H and O–H groups in total. The molecule has 4 nitrogen and oxygen atoms in total. The van der Waals surface area contributed by atoms with Crippen LogP contribution in [0.3, 0.4) is 0 Å². The first kappa shape index (κ1) is 14.2. The first-order chi connectivity index (χ1) is 8.00.